The first-order chi connectivity index (χ1) is 10.3. The van der Waals surface area contributed by atoms with Gasteiger partial charge in [-0.2, -0.15) is 0 Å². The molecule has 1 amide bonds. The predicted octanol–water partition coefficient (Wildman–Crippen LogP) is 4.45. The van der Waals surface area contributed by atoms with Crippen LogP contribution >= 0.6 is 23.2 Å². The van der Waals surface area contributed by atoms with E-state index in [1.807, 2.05) is 14.1 Å². The van der Waals surface area contributed by atoms with Crippen molar-refractivity contribution in [2.24, 2.45) is 11.7 Å². The van der Waals surface area contributed by atoms with Crippen molar-refractivity contribution in [3.8, 4) is 0 Å². The number of amides is 1. The molecular weight excluding hydrogens is 319 g/mol. The van der Waals surface area contributed by atoms with E-state index in [1.165, 1.54) is 19.3 Å². The Morgan fingerprint density at radius 1 is 1.23 bits per heavy atom. The summed E-state index contributed by atoms with van der Waals surface area (Å²) in [5, 5.41) is 0.908. The van der Waals surface area contributed by atoms with Gasteiger partial charge in [-0.15, -0.1) is 0 Å². The summed E-state index contributed by atoms with van der Waals surface area (Å²) in [5.74, 6) is -0.0391. The third kappa shape index (κ3) is 2.99. The fraction of sp³-hybridized carbons (Fsp3) is 0.588. The molecule has 0 heterocycles. The largest absolute Gasteiger partial charge is 0.366 e. The zero-order chi connectivity index (χ0) is 16.5. The van der Waals surface area contributed by atoms with Gasteiger partial charge in [0.15, 0.2) is 0 Å². The van der Waals surface area contributed by atoms with E-state index in [1.54, 1.807) is 12.1 Å². The van der Waals surface area contributed by atoms with Crippen LogP contribution in [0.2, 0.25) is 10.0 Å². The van der Waals surface area contributed by atoms with Crippen LogP contribution in [0.3, 0.4) is 0 Å². The molecule has 0 aliphatic heterocycles. The SMILES string of the molecule is CN(C)C(C)(c1c(C(N)=O)ccc(Cl)c1Cl)C1CCCCC1. The molecule has 5 heteroatoms. The van der Waals surface area contributed by atoms with Crippen molar-refractivity contribution in [3.63, 3.8) is 0 Å². The third-order valence-electron chi connectivity index (χ3n) is 5.20. The Morgan fingerprint density at radius 2 is 1.82 bits per heavy atom. The van der Waals surface area contributed by atoms with Crippen LogP contribution in [0.5, 0.6) is 0 Å². The Labute approximate surface area is 142 Å². The lowest BCUT2D eigenvalue weighted by atomic mass is 9.70. The lowest BCUT2D eigenvalue weighted by Crippen LogP contribution is -2.47. The highest BCUT2D eigenvalue weighted by molar-refractivity contribution is 6.42. The van der Waals surface area contributed by atoms with Crippen LogP contribution in [-0.4, -0.2) is 24.9 Å². The maximum atomic E-state index is 11.9. The van der Waals surface area contributed by atoms with Gasteiger partial charge in [-0.05, 0) is 51.9 Å². The topological polar surface area (TPSA) is 46.3 Å². The molecular formula is C17H24Cl2N2O. The summed E-state index contributed by atoms with van der Waals surface area (Å²) in [5.41, 5.74) is 6.47. The molecule has 22 heavy (non-hydrogen) atoms. The molecule has 0 bridgehead atoms. The van der Waals surface area contributed by atoms with Crippen LogP contribution in [0.25, 0.3) is 0 Å². The number of nitrogens with zero attached hydrogens (tertiary/aromatic N) is 1. The second-order valence-corrected chi connectivity index (χ2v) is 7.31. The molecule has 0 aromatic heterocycles. The van der Waals surface area contributed by atoms with Crippen LogP contribution < -0.4 is 5.73 Å². The Hall–Kier alpha value is -0.770. The van der Waals surface area contributed by atoms with Gasteiger partial charge in [-0.3, -0.25) is 9.69 Å². The molecule has 1 aliphatic carbocycles. The summed E-state index contributed by atoms with van der Waals surface area (Å²) in [7, 11) is 4.05. The van der Waals surface area contributed by atoms with Gasteiger partial charge in [-0.25, -0.2) is 0 Å². The molecule has 122 valence electrons. The Morgan fingerprint density at radius 3 is 2.32 bits per heavy atom. The molecule has 1 aromatic rings. The molecule has 1 unspecified atom stereocenters. The van der Waals surface area contributed by atoms with Crippen LogP contribution in [0.15, 0.2) is 12.1 Å². The number of halogens is 2. The minimum atomic E-state index is -0.461. The minimum Gasteiger partial charge on any atom is -0.366 e. The van der Waals surface area contributed by atoms with Gasteiger partial charge in [-0.1, -0.05) is 42.5 Å². The summed E-state index contributed by atoms with van der Waals surface area (Å²) < 4.78 is 0. The smallest absolute Gasteiger partial charge is 0.249 e. The van der Waals surface area contributed by atoms with Gasteiger partial charge in [0.25, 0.3) is 0 Å². The van der Waals surface area contributed by atoms with Crippen molar-refractivity contribution in [3.05, 3.63) is 33.3 Å². The van der Waals surface area contributed by atoms with E-state index < -0.39 is 5.91 Å². The van der Waals surface area contributed by atoms with Gasteiger partial charge in [0.1, 0.15) is 0 Å². The zero-order valence-corrected chi connectivity index (χ0v) is 15.0. The Bertz CT molecular complexity index is 568. The van der Waals surface area contributed by atoms with Gasteiger partial charge >= 0.3 is 0 Å². The van der Waals surface area contributed by atoms with E-state index in [2.05, 4.69) is 11.8 Å². The van der Waals surface area contributed by atoms with Crippen LogP contribution in [-0.2, 0) is 5.54 Å². The van der Waals surface area contributed by atoms with Crippen molar-refractivity contribution in [2.75, 3.05) is 14.1 Å². The zero-order valence-electron chi connectivity index (χ0n) is 13.5. The molecule has 2 rings (SSSR count). The molecule has 1 fully saturated rings. The summed E-state index contributed by atoms with van der Waals surface area (Å²) in [4.78, 5) is 14.1. The van der Waals surface area contributed by atoms with Crippen LogP contribution in [0.4, 0.5) is 0 Å². The van der Waals surface area contributed by atoms with E-state index in [4.69, 9.17) is 28.9 Å². The number of carbonyl (C=O) groups is 1. The van der Waals surface area contributed by atoms with Crippen molar-refractivity contribution in [1.29, 1.82) is 0 Å². The summed E-state index contributed by atoms with van der Waals surface area (Å²) in [6.07, 6.45) is 5.92. The summed E-state index contributed by atoms with van der Waals surface area (Å²) in [6, 6.07) is 3.33. The molecule has 1 aliphatic rings. The number of primary amides is 1. The van der Waals surface area contributed by atoms with E-state index in [0.717, 1.165) is 18.4 Å². The number of benzene rings is 1. The molecule has 1 saturated carbocycles. The second kappa shape index (κ2) is 6.77. The fourth-order valence-electron chi connectivity index (χ4n) is 3.71. The first-order valence-corrected chi connectivity index (χ1v) is 8.51. The van der Waals surface area contributed by atoms with E-state index in [0.29, 0.717) is 21.5 Å². The summed E-state index contributed by atoms with van der Waals surface area (Å²) in [6.45, 7) is 2.15. The second-order valence-electron chi connectivity index (χ2n) is 6.53. The van der Waals surface area contributed by atoms with Gasteiger partial charge in [0.2, 0.25) is 5.91 Å². The van der Waals surface area contributed by atoms with E-state index >= 15 is 0 Å². The van der Waals surface area contributed by atoms with Crippen LogP contribution in [0.1, 0.15) is 54.9 Å². The normalized spacial score (nSPS) is 19.2. The van der Waals surface area contributed by atoms with Gasteiger partial charge < -0.3 is 5.73 Å². The molecule has 0 radical (unpaired) electrons. The summed E-state index contributed by atoms with van der Waals surface area (Å²) >= 11 is 12.8. The van der Waals surface area contributed by atoms with Crippen LogP contribution in [0, 0.1) is 5.92 Å². The molecule has 0 saturated heterocycles. The Balaban J connectivity index is 2.66. The molecule has 1 atom stereocenters. The average molecular weight is 343 g/mol. The molecule has 3 nitrogen and oxygen atoms in total. The molecule has 0 spiro atoms. The number of hydrogen-bond acceptors (Lipinski definition) is 2. The maximum Gasteiger partial charge on any atom is 0.249 e. The molecule has 1 aromatic carbocycles. The number of rotatable bonds is 4. The standard InChI is InChI=1S/C17H24Cl2N2O/c1-17(21(2)3,11-7-5-4-6-8-11)14-12(16(20)22)9-10-13(18)15(14)19/h9-11H,4-8H2,1-3H3,(H2,20,22). The monoisotopic (exact) mass is 342 g/mol. The highest BCUT2D eigenvalue weighted by atomic mass is 35.5. The quantitative estimate of drug-likeness (QED) is 0.878. The van der Waals surface area contributed by atoms with Crippen molar-refractivity contribution < 1.29 is 4.79 Å². The molecule has 2 N–H and O–H groups in total. The Kier molecular flexibility index (Phi) is 5.41. The van der Waals surface area contributed by atoms with E-state index in [-0.39, 0.29) is 5.54 Å². The first kappa shape index (κ1) is 17.6. The van der Waals surface area contributed by atoms with Crippen molar-refractivity contribution in [1.82, 2.24) is 4.90 Å². The van der Waals surface area contributed by atoms with Crippen molar-refractivity contribution >= 4 is 29.1 Å². The lowest BCUT2D eigenvalue weighted by Gasteiger charge is -2.46. The number of carbonyl (C=O) groups excluding carboxylic acids is 1. The fourth-order valence-corrected chi connectivity index (χ4v) is 4.22. The van der Waals surface area contributed by atoms with Gasteiger partial charge in [0, 0.05) is 16.7 Å². The minimum absolute atomic E-state index is 0.368. The lowest BCUT2D eigenvalue weighted by molar-refractivity contribution is 0.0672. The average Bonchev–Trinajstić information content (AvgIpc) is 2.49. The highest BCUT2D eigenvalue weighted by Gasteiger charge is 2.42. The third-order valence-corrected chi connectivity index (χ3v) is 6.00. The number of nitrogens with two attached hydrogens (primary N) is 1. The van der Waals surface area contributed by atoms with Crippen molar-refractivity contribution in [2.45, 2.75) is 44.6 Å². The van der Waals surface area contributed by atoms with E-state index in [9.17, 15) is 4.79 Å². The highest BCUT2D eigenvalue weighted by Crippen LogP contribution is 2.47. The number of hydrogen-bond donors (Lipinski definition) is 1. The maximum absolute atomic E-state index is 11.9. The first-order valence-electron chi connectivity index (χ1n) is 7.75. The predicted molar refractivity (Wildman–Crippen MR) is 92.6 cm³/mol. The van der Waals surface area contributed by atoms with Gasteiger partial charge in [0.05, 0.1) is 10.0 Å².